The number of hydrogen-bond donors (Lipinski definition) is 2. The van der Waals surface area contributed by atoms with Crippen molar-refractivity contribution < 1.29 is 26.7 Å². The Kier molecular flexibility index (Phi) is 8.05. The van der Waals surface area contributed by atoms with Gasteiger partial charge in [0.05, 0.1) is 23.5 Å². The van der Waals surface area contributed by atoms with Gasteiger partial charge in [0, 0.05) is 47.1 Å². The van der Waals surface area contributed by atoms with Gasteiger partial charge in [-0.05, 0) is 58.4 Å². The molecular formula is C23H30F3N5O3S. The number of rotatable bonds is 6. The molecule has 0 amide bonds. The first-order valence-electron chi connectivity index (χ1n) is 11.2. The summed E-state index contributed by atoms with van der Waals surface area (Å²) < 4.78 is 64.2. The first-order chi connectivity index (χ1) is 16.3. The maximum absolute atomic E-state index is 12.8. The molecule has 0 aromatic carbocycles. The Hall–Kier alpha value is -2.73. The average Bonchev–Trinajstić information content (AvgIpc) is 3.08. The van der Waals surface area contributed by atoms with E-state index in [1.165, 1.54) is 19.2 Å². The van der Waals surface area contributed by atoms with E-state index in [1.54, 1.807) is 17.8 Å². The van der Waals surface area contributed by atoms with Crippen LogP contribution in [0.15, 0.2) is 39.4 Å². The Morgan fingerprint density at radius 1 is 1.29 bits per heavy atom. The Labute approximate surface area is 202 Å². The minimum atomic E-state index is -4.36. The highest BCUT2D eigenvalue weighted by atomic mass is 32.2. The standard InChI is InChI=1S/C23H30F3N5O3S/c1-14(11-23(24,25)26)29-22(27-3)30-31-15(2)20(10-21(31)16-5-7-18(32)8-6-16)17-9-19(13-28-12-17)35(4,33)34/h9-10,12-14,16,18,32H,3,5-8,11H2,1-2,4H3,(H,29,30)/t14-,16?,18?/m0/s1. The van der Waals surface area contributed by atoms with Crippen molar-refractivity contribution in [3.63, 3.8) is 0 Å². The minimum absolute atomic E-state index is 0.0584. The largest absolute Gasteiger partial charge is 0.393 e. The number of hydrogen-bond acceptors (Lipinski definition) is 5. The van der Waals surface area contributed by atoms with E-state index < -0.39 is 28.5 Å². The van der Waals surface area contributed by atoms with Crippen molar-refractivity contribution in [1.29, 1.82) is 0 Å². The number of sulfone groups is 1. The highest BCUT2D eigenvalue weighted by molar-refractivity contribution is 7.90. The van der Waals surface area contributed by atoms with Crippen molar-refractivity contribution in [3.8, 4) is 11.1 Å². The van der Waals surface area contributed by atoms with Crippen molar-refractivity contribution in [2.24, 2.45) is 9.98 Å². The van der Waals surface area contributed by atoms with Crippen LogP contribution in [0.4, 0.5) is 13.2 Å². The van der Waals surface area contributed by atoms with Gasteiger partial charge in [-0.15, -0.1) is 0 Å². The van der Waals surface area contributed by atoms with Crippen LogP contribution >= 0.6 is 0 Å². The number of pyridine rings is 1. The van der Waals surface area contributed by atoms with Gasteiger partial charge in [-0.3, -0.25) is 15.1 Å². The lowest BCUT2D eigenvalue weighted by Gasteiger charge is -2.27. The Morgan fingerprint density at radius 2 is 1.94 bits per heavy atom. The van der Waals surface area contributed by atoms with Crippen molar-refractivity contribution in [3.05, 3.63) is 35.9 Å². The summed E-state index contributed by atoms with van der Waals surface area (Å²) in [4.78, 5) is 12.0. The molecule has 1 fully saturated rings. The van der Waals surface area contributed by atoms with Crippen LogP contribution in [-0.4, -0.2) is 60.4 Å². The Balaban J connectivity index is 2.05. The fourth-order valence-electron chi connectivity index (χ4n) is 4.31. The van der Waals surface area contributed by atoms with E-state index in [4.69, 9.17) is 0 Å². The van der Waals surface area contributed by atoms with Crippen LogP contribution < -0.4 is 5.43 Å². The molecular weight excluding hydrogens is 483 g/mol. The maximum Gasteiger partial charge on any atom is 0.391 e. The number of aliphatic imine (C=N–C) groups is 2. The van der Waals surface area contributed by atoms with Gasteiger partial charge in [-0.25, -0.2) is 18.4 Å². The van der Waals surface area contributed by atoms with E-state index in [0.29, 0.717) is 42.5 Å². The van der Waals surface area contributed by atoms with E-state index >= 15 is 0 Å². The SMILES string of the molecule is C=NC(=N[C@@H](C)CC(F)(F)F)Nn1c(C2CCC(O)CC2)cc(-c2cncc(S(C)(=O)=O)c2)c1C. The Bertz CT molecular complexity index is 1200. The molecule has 0 saturated heterocycles. The molecule has 192 valence electrons. The second-order valence-corrected chi connectivity index (χ2v) is 11.0. The van der Waals surface area contributed by atoms with E-state index in [2.05, 4.69) is 27.1 Å². The zero-order valence-electron chi connectivity index (χ0n) is 19.9. The fraction of sp³-hybridized carbons (Fsp3) is 0.522. The van der Waals surface area contributed by atoms with Crippen LogP contribution in [0.3, 0.4) is 0 Å². The summed E-state index contributed by atoms with van der Waals surface area (Å²) in [5.41, 5.74) is 5.80. The maximum atomic E-state index is 12.8. The quantitative estimate of drug-likeness (QED) is 0.444. The molecule has 1 aliphatic carbocycles. The zero-order valence-corrected chi connectivity index (χ0v) is 20.7. The average molecular weight is 514 g/mol. The molecule has 1 saturated carbocycles. The smallest absolute Gasteiger partial charge is 0.391 e. The molecule has 0 unspecified atom stereocenters. The van der Waals surface area contributed by atoms with Gasteiger partial charge >= 0.3 is 6.18 Å². The molecule has 0 spiro atoms. The first kappa shape index (κ1) is 26.9. The summed E-state index contributed by atoms with van der Waals surface area (Å²) in [7, 11) is -3.47. The monoisotopic (exact) mass is 513 g/mol. The fourth-order valence-corrected chi connectivity index (χ4v) is 4.90. The van der Waals surface area contributed by atoms with Gasteiger partial charge in [0.1, 0.15) is 0 Å². The number of aliphatic hydroxyl groups is 1. The molecule has 0 bridgehead atoms. The van der Waals surface area contributed by atoms with E-state index in [9.17, 15) is 26.7 Å². The van der Waals surface area contributed by atoms with E-state index in [1.807, 2.05) is 6.07 Å². The summed E-state index contributed by atoms with van der Waals surface area (Å²) >= 11 is 0. The van der Waals surface area contributed by atoms with Gasteiger partial charge < -0.3 is 5.11 Å². The highest BCUT2D eigenvalue weighted by Gasteiger charge is 2.30. The first-order valence-corrected chi connectivity index (χ1v) is 13.1. The summed E-state index contributed by atoms with van der Waals surface area (Å²) in [6.45, 7) is 6.59. The number of aromatic nitrogens is 2. The number of aliphatic hydroxyl groups excluding tert-OH is 1. The molecule has 8 nitrogen and oxygen atoms in total. The summed E-state index contributed by atoms with van der Waals surface area (Å²) in [6.07, 6.45) is 0.789. The van der Waals surface area contributed by atoms with Gasteiger partial charge in [0.25, 0.3) is 0 Å². The topological polar surface area (TPSA) is 109 Å². The van der Waals surface area contributed by atoms with Crippen molar-refractivity contribution in [1.82, 2.24) is 9.66 Å². The number of alkyl halides is 3. The van der Waals surface area contributed by atoms with Crippen LogP contribution in [0.5, 0.6) is 0 Å². The van der Waals surface area contributed by atoms with Crippen LogP contribution in [0.25, 0.3) is 11.1 Å². The molecule has 2 aromatic heterocycles. The van der Waals surface area contributed by atoms with Crippen LogP contribution in [-0.2, 0) is 9.84 Å². The summed E-state index contributed by atoms with van der Waals surface area (Å²) in [6, 6.07) is 2.38. The molecule has 1 aliphatic rings. The van der Waals surface area contributed by atoms with Crippen LogP contribution in [0, 0.1) is 6.92 Å². The molecule has 35 heavy (non-hydrogen) atoms. The summed E-state index contributed by atoms with van der Waals surface area (Å²) in [5, 5.41) is 9.94. The number of nitrogens with zero attached hydrogens (tertiary/aromatic N) is 4. The second-order valence-electron chi connectivity index (χ2n) is 8.98. The van der Waals surface area contributed by atoms with Gasteiger partial charge in [0.15, 0.2) is 9.84 Å². The molecule has 1 atom stereocenters. The molecule has 2 N–H and O–H groups in total. The molecule has 3 rings (SSSR count). The third kappa shape index (κ3) is 6.91. The second kappa shape index (κ2) is 10.5. The predicted octanol–water partition coefficient (Wildman–Crippen LogP) is 4.22. The number of nitrogens with one attached hydrogen (secondary N) is 1. The van der Waals surface area contributed by atoms with Gasteiger partial charge in [-0.2, -0.15) is 13.2 Å². The van der Waals surface area contributed by atoms with E-state index in [0.717, 1.165) is 11.9 Å². The minimum Gasteiger partial charge on any atom is -0.393 e. The third-order valence-electron chi connectivity index (χ3n) is 6.07. The normalized spacial score (nSPS) is 20.5. The number of halogens is 3. The predicted molar refractivity (Wildman–Crippen MR) is 129 cm³/mol. The van der Waals surface area contributed by atoms with Crippen LogP contribution in [0.2, 0.25) is 0 Å². The lowest BCUT2D eigenvalue weighted by Crippen LogP contribution is -2.28. The van der Waals surface area contributed by atoms with Gasteiger partial charge in [0.2, 0.25) is 5.96 Å². The van der Waals surface area contributed by atoms with Crippen molar-refractivity contribution in [2.75, 3.05) is 11.7 Å². The lowest BCUT2D eigenvalue weighted by atomic mass is 9.85. The molecule has 0 radical (unpaired) electrons. The van der Waals surface area contributed by atoms with Crippen molar-refractivity contribution in [2.45, 2.75) is 75.1 Å². The van der Waals surface area contributed by atoms with Crippen LogP contribution in [0.1, 0.15) is 56.3 Å². The zero-order chi connectivity index (χ0) is 26.0. The summed E-state index contributed by atoms with van der Waals surface area (Å²) in [5.74, 6) is -0.00447. The van der Waals surface area contributed by atoms with Crippen molar-refractivity contribution >= 4 is 22.5 Å². The lowest BCUT2D eigenvalue weighted by molar-refractivity contribution is -0.137. The molecule has 0 aliphatic heterocycles. The third-order valence-corrected chi connectivity index (χ3v) is 7.15. The van der Waals surface area contributed by atoms with E-state index in [-0.39, 0.29) is 22.9 Å². The Morgan fingerprint density at radius 3 is 2.51 bits per heavy atom. The highest BCUT2D eigenvalue weighted by Crippen LogP contribution is 2.37. The molecule has 12 heteroatoms. The molecule has 2 heterocycles. The van der Waals surface area contributed by atoms with Gasteiger partial charge in [-0.1, -0.05) is 0 Å². The molecule has 2 aromatic rings. The number of guanidine groups is 1.